The molecule has 2 aromatic rings. The number of aliphatic hydroxyl groups excluding tert-OH is 1. The Labute approximate surface area is 170 Å². The lowest BCUT2D eigenvalue weighted by atomic mass is 9.66. The summed E-state index contributed by atoms with van der Waals surface area (Å²) in [5.74, 6) is -0.526. The molecule has 3 rings (SSSR count). The first kappa shape index (κ1) is 21.4. The van der Waals surface area contributed by atoms with E-state index in [4.69, 9.17) is 0 Å². The maximum Gasteiger partial charge on any atom is 0.219 e. The summed E-state index contributed by atoms with van der Waals surface area (Å²) in [7, 11) is 1.57. The highest BCUT2D eigenvalue weighted by molar-refractivity contribution is 5.81. The lowest BCUT2D eigenvalue weighted by Crippen LogP contribution is -2.57. The number of piperidine rings is 1. The summed E-state index contributed by atoms with van der Waals surface area (Å²) in [4.78, 5) is 27.6. The molecule has 0 radical (unpaired) electrons. The maximum absolute atomic E-state index is 11.6. The number of fused-ring (bicyclic) bond motifs is 1. The third kappa shape index (κ3) is 4.03. The van der Waals surface area contributed by atoms with E-state index < -0.39 is 16.9 Å². The number of hydrogen-bond acceptors (Lipinski definition) is 6. The van der Waals surface area contributed by atoms with Gasteiger partial charge in [0, 0.05) is 42.9 Å². The number of nitrogens with zero attached hydrogens (tertiary/aromatic N) is 1. The number of amides is 1. The van der Waals surface area contributed by atoms with Crippen LogP contribution in [0.3, 0.4) is 0 Å². The van der Waals surface area contributed by atoms with Crippen LogP contribution in [0, 0.1) is 5.41 Å². The fourth-order valence-electron chi connectivity index (χ4n) is 4.09. The van der Waals surface area contributed by atoms with E-state index in [1.807, 2.05) is 31.2 Å². The summed E-state index contributed by atoms with van der Waals surface area (Å²) in [6, 6.07) is 7.50. The molecule has 0 aliphatic carbocycles. The van der Waals surface area contributed by atoms with E-state index in [0.29, 0.717) is 25.9 Å². The zero-order chi connectivity index (χ0) is 21.1. The topological polar surface area (TPSA) is 112 Å². The molecule has 7 nitrogen and oxygen atoms in total. The first-order chi connectivity index (χ1) is 13.9. The van der Waals surface area contributed by atoms with Gasteiger partial charge in [-0.1, -0.05) is 13.0 Å². The molecule has 0 spiro atoms. The Hall–Kier alpha value is -2.35. The Balaban J connectivity index is 1.96. The third-order valence-electron chi connectivity index (χ3n) is 6.26. The minimum Gasteiger partial charge on any atom is -0.396 e. The van der Waals surface area contributed by atoms with E-state index in [-0.39, 0.29) is 18.9 Å². The van der Waals surface area contributed by atoms with E-state index >= 15 is 0 Å². The zero-order valence-corrected chi connectivity index (χ0v) is 16.9. The van der Waals surface area contributed by atoms with Crippen LogP contribution in [0.25, 0.3) is 10.9 Å². The van der Waals surface area contributed by atoms with Crippen LogP contribution in [0.15, 0.2) is 30.5 Å². The predicted octanol–water partition coefficient (Wildman–Crippen LogP) is 1.22. The fraction of sp³-hybridized carbons (Fsp3) is 0.500. The number of aliphatic hydroxyl groups is 2. The molecule has 7 heteroatoms. The Morgan fingerprint density at radius 2 is 2.21 bits per heavy atom. The van der Waals surface area contributed by atoms with Gasteiger partial charge in [-0.3, -0.25) is 9.78 Å². The lowest BCUT2D eigenvalue weighted by molar-refractivity contribution is -0.125. The minimum atomic E-state index is -1.17. The smallest absolute Gasteiger partial charge is 0.219 e. The Morgan fingerprint density at radius 3 is 2.90 bits per heavy atom. The van der Waals surface area contributed by atoms with Crippen molar-refractivity contribution >= 4 is 23.1 Å². The van der Waals surface area contributed by atoms with Crippen LogP contribution in [0.5, 0.6) is 0 Å². The zero-order valence-electron chi connectivity index (χ0n) is 16.9. The molecular weight excluding hydrogens is 370 g/mol. The van der Waals surface area contributed by atoms with Crippen LogP contribution in [-0.4, -0.2) is 54.1 Å². The summed E-state index contributed by atoms with van der Waals surface area (Å²) < 4.78 is 0. The summed E-state index contributed by atoms with van der Waals surface area (Å²) in [5.41, 5.74) is 0.367. The number of rotatable bonds is 7. The van der Waals surface area contributed by atoms with Gasteiger partial charge >= 0.3 is 0 Å². The average Bonchev–Trinajstić information content (AvgIpc) is 2.75. The number of nitrogens with one attached hydrogen (secondary N) is 2. The van der Waals surface area contributed by atoms with Gasteiger partial charge in [0.2, 0.25) is 5.91 Å². The van der Waals surface area contributed by atoms with Gasteiger partial charge in [0.1, 0.15) is 6.29 Å². The molecule has 2 heterocycles. The molecule has 1 aromatic heterocycles. The van der Waals surface area contributed by atoms with E-state index in [2.05, 4.69) is 15.6 Å². The standard InChI is InChI=1S/C22H29N3O4/c1-21(14-27)13-24-8-7-22(21,29)18-4-5-19-16(10-18)9-17(11-25-19)15(12-26)3-6-20(28)23-2/h4-5,9-12,15,24,27,29H,3,6-8,13-14H2,1-2H3,(H,23,28). The molecule has 1 aromatic carbocycles. The molecule has 156 valence electrons. The van der Waals surface area contributed by atoms with Gasteiger partial charge in [-0.2, -0.15) is 0 Å². The summed E-state index contributed by atoms with van der Waals surface area (Å²) in [5, 5.41) is 28.1. The number of carbonyl (C=O) groups is 2. The number of aldehydes is 1. The first-order valence-corrected chi connectivity index (χ1v) is 9.97. The lowest BCUT2D eigenvalue weighted by Gasteiger charge is -2.48. The molecule has 1 amide bonds. The summed E-state index contributed by atoms with van der Waals surface area (Å²) in [6.45, 7) is 2.91. The molecule has 3 atom stereocenters. The van der Waals surface area contributed by atoms with Gasteiger partial charge in [0.25, 0.3) is 0 Å². The van der Waals surface area contributed by atoms with Gasteiger partial charge < -0.3 is 25.6 Å². The first-order valence-electron chi connectivity index (χ1n) is 9.97. The van der Waals surface area contributed by atoms with Crippen LogP contribution in [0.2, 0.25) is 0 Å². The second-order valence-corrected chi connectivity index (χ2v) is 8.14. The largest absolute Gasteiger partial charge is 0.396 e. The van der Waals surface area contributed by atoms with Crippen molar-refractivity contribution in [3.8, 4) is 0 Å². The van der Waals surface area contributed by atoms with Gasteiger partial charge in [0.15, 0.2) is 0 Å². The second kappa shape index (κ2) is 8.57. The molecule has 4 N–H and O–H groups in total. The summed E-state index contributed by atoms with van der Waals surface area (Å²) in [6.07, 6.45) is 3.68. The van der Waals surface area contributed by atoms with Crippen molar-refractivity contribution in [2.24, 2.45) is 5.41 Å². The van der Waals surface area contributed by atoms with Gasteiger partial charge in [-0.15, -0.1) is 0 Å². The number of benzene rings is 1. The van der Waals surface area contributed by atoms with E-state index in [1.165, 1.54) is 0 Å². The van der Waals surface area contributed by atoms with Crippen LogP contribution in [0.1, 0.15) is 43.2 Å². The third-order valence-corrected chi connectivity index (χ3v) is 6.26. The normalized spacial score (nSPS) is 25.5. The van der Waals surface area contributed by atoms with Crippen molar-refractivity contribution in [3.63, 3.8) is 0 Å². The van der Waals surface area contributed by atoms with Gasteiger partial charge in [-0.05, 0) is 48.7 Å². The number of pyridine rings is 1. The number of aromatic nitrogens is 1. The number of carbonyl (C=O) groups excluding carboxylic acids is 2. The fourth-order valence-corrected chi connectivity index (χ4v) is 4.09. The highest BCUT2D eigenvalue weighted by Crippen LogP contribution is 2.44. The summed E-state index contributed by atoms with van der Waals surface area (Å²) >= 11 is 0. The molecule has 1 aliphatic rings. The van der Waals surface area contributed by atoms with Crippen molar-refractivity contribution in [2.45, 2.75) is 37.7 Å². The average molecular weight is 399 g/mol. The van der Waals surface area contributed by atoms with Crippen LogP contribution in [0.4, 0.5) is 0 Å². The molecule has 0 bridgehead atoms. The van der Waals surface area contributed by atoms with E-state index in [1.54, 1.807) is 13.2 Å². The molecule has 1 fully saturated rings. The van der Waals surface area contributed by atoms with Crippen molar-refractivity contribution in [3.05, 3.63) is 41.6 Å². The van der Waals surface area contributed by atoms with Crippen molar-refractivity contribution in [1.29, 1.82) is 0 Å². The monoisotopic (exact) mass is 399 g/mol. The molecule has 1 saturated heterocycles. The van der Waals surface area contributed by atoms with E-state index in [9.17, 15) is 19.8 Å². The minimum absolute atomic E-state index is 0.107. The van der Waals surface area contributed by atoms with Gasteiger partial charge in [0.05, 0.1) is 17.7 Å². The Kier molecular flexibility index (Phi) is 6.31. The molecule has 1 aliphatic heterocycles. The van der Waals surface area contributed by atoms with Crippen molar-refractivity contribution in [1.82, 2.24) is 15.6 Å². The quantitative estimate of drug-likeness (QED) is 0.521. The van der Waals surface area contributed by atoms with Gasteiger partial charge in [-0.25, -0.2) is 0 Å². The highest BCUT2D eigenvalue weighted by atomic mass is 16.3. The van der Waals surface area contributed by atoms with Crippen molar-refractivity contribution in [2.75, 3.05) is 26.7 Å². The SMILES string of the molecule is CNC(=O)CCC(C=O)c1cnc2ccc(C3(O)CCNCC3(C)CO)cc2c1. The van der Waals surface area contributed by atoms with Crippen LogP contribution >= 0.6 is 0 Å². The maximum atomic E-state index is 11.6. The second-order valence-electron chi connectivity index (χ2n) is 8.14. The Bertz CT molecular complexity index is 903. The predicted molar refractivity (Wildman–Crippen MR) is 110 cm³/mol. The molecule has 0 saturated carbocycles. The van der Waals surface area contributed by atoms with Crippen LogP contribution in [-0.2, 0) is 15.2 Å². The molecule has 3 unspecified atom stereocenters. The van der Waals surface area contributed by atoms with E-state index in [0.717, 1.165) is 28.3 Å². The van der Waals surface area contributed by atoms with Crippen LogP contribution < -0.4 is 10.6 Å². The van der Waals surface area contributed by atoms with Crippen molar-refractivity contribution < 1.29 is 19.8 Å². The highest BCUT2D eigenvalue weighted by Gasteiger charge is 2.49. The molecular formula is C22H29N3O4. The molecule has 29 heavy (non-hydrogen) atoms. The Morgan fingerprint density at radius 1 is 1.41 bits per heavy atom. The number of hydrogen-bond donors (Lipinski definition) is 4.